The van der Waals surface area contributed by atoms with Gasteiger partial charge in [-0.1, -0.05) is 59.6 Å². The fourth-order valence-electron chi connectivity index (χ4n) is 2.12. The zero-order chi connectivity index (χ0) is 20.2. The van der Waals surface area contributed by atoms with Gasteiger partial charge in [0.15, 0.2) is 0 Å². The lowest BCUT2D eigenvalue weighted by molar-refractivity contribution is 0.201. The summed E-state index contributed by atoms with van der Waals surface area (Å²) in [7, 11) is 0. The molecule has 1 heterocycles. The van der Waals surface area contributed by atoms with Crippen molar-refractivity contribution in [3.8, 4) is 11.5 Å². The lowest BCUT2D eigenvalue weighted by Gasteiger charge is -2.01. The molecule has 1 aromatic heterocycles. The molecular formula is C22H23NO4S. The third-order valence-corrected chi connectivity index (χ3v) is 4.39. The Morgan fingerprint density at radius 2 is 1.57 bits per heavy atom. The topological polar surface area (TPSA) is 82.5 Å². The average Bonchev–Trinajstić information content (AvgIpc) is 3.12. The molecule has 0 amide bonds. The number of para-hydroxylation sites is 1. The predicted octanol–water partition coefficient (Wildman–Crippen LogP) is 4.35. The molecular weight excluding hydrogens is 374 g/mol. The Morgan fingerprint density at radius 1 is 0.929 bits per heavy atom. The standard InChI is InChI=1S/C8H10O2.C7H5NOS.C7H8O/c9-6-7-10-8-4-2-1-3-5-8;9-7-5-3-1-2-4-6(5)10-8-7;1-6-2-4-7(8)5-3-6/h1-5,9H,6-7H2;1-4H,(H,8,9);2-5,8H,1H3. The number of rotatable bonds is 3. The molecule has 0 radical (unpaired) electrons. The summed E-state index contributed by atoms with van der Waals surface area (Å²) < 4.78 is 8.79. The number of aryl methyl sites for hydroxylation is 1. The number of nitrogens with one attached hydrogen (secondary N) is 1. The van der Waals surface area contributed by atoms with Crippen LogP contribution in [0, 0.1) is 6.92 Å². The molecule has 0 aliphatic carbocycles. The number of aromatic hydroxyl groups is 1. The Kier molecular flexibility index (Phi) is 8.78. The molecule has 3 N–H and O–H groups in total. The van der Waals surface area contributed by atoms with Crippen molar-refractivity contribution in [2.75, 3.05) is 13.2 Å². The first-order valence-corrected chi connectivity index (χ1v) is 9.52. The number of phenolic OH excluding ortho intramolecular Hbond substituents is 1. The Hall–Kier alpha value is -3.09. The van der Waals surface area contributed by atoms with Crippen molar-refractivity contribution in [2.45, 2.75) is 6.92 Å². The summed E-state index contributed by atoms with van der Waals surface area (Å²) in [6.45, 7) is 2.42. The van der Waals surface area contributed by atoms with Crippen molar-refractivity contribution in [3.05, 3.63) is 94.8 Å². The number of hydrogen-bond acceptors (Lipinski definition) is 5. The fourth-order valence-corrected chi connectivity index (χ4v) is 2.85. The Bertz CT molecular complexity index is 973. The second kappa shape index (κ2) is 11.6. The summed E-state index contributed by atoms with van der Waals surface area (Å²) in [4.78, 5) is 10.9. The number of hydrogen-bond donors (Lipinski definition) is 3. The first-order valence-electron chi connectivity index (χ1n) is 8.70. The predicted molar refractivity (Wildman–Crippen MR) is 114 cm³/mol. The highest BCUT2D eigenvalue weighted by molar-refractivity contribution is 7.13. The molecule has 5 nitrogen and oxygen atoms in total. The lowest BCUT2D eigenvalue weighted by atomic mass is 10.2. The van der Waals surface area contributed by atoms with E-state index in [1.807, 2.05) is 73.7 Å². The number of aliphatic hydroxyl groups is 1. The summed E-state index contributed by atoms with van der Waals surface area (Å²) >= 11 is 1.38. The first kappa shape index (κ1) is 21.2. The van der Waals surface area contributed by atoms with E-state index < -0.39 is 0 Å². The molecule has 0 aliphatic heterocycles. The number of phenols is 1. The molecule has 0 fully saturated rings. The van der Waals surface area contributed by atoms with Crippen LogP contribution in [-0.4, -0.2) is 27.8 Å². The van der Waals surface area contributed by atoms with Crippen LogP contribution in [0.4, 0.5) is 0 Å². The van der Waals surface area contributed by atoms with E-state index >= 15 is 0 Å². The minimum atomic E-state index is 0.0144. The summed E-state index contributed by atoms with van der Waals surface area (Å²) in [5.74, 6) is 1.13. The number of fused-ring (bicyclic) bond motifs is 1. The molecule has 0 spiro atoms. The number of aliphatic hydroxyl groups excluding tert-OH is 1. The summed E-state index contributed by atoms with van der Waals surface area (Å²) in [5.41, 5.74) is 1.18. The van der Waals surface area contributed by atoms with Crippen molar-refractivity contribution >= 4 is 21.6 Å². The molecule has 0 aliphatic rings. The highest BCUT2D eigenvalue weighted by atomic mass is 32.1. The SMILES string of the molecule is Cc1ccc(O)cc1.O=c1[nH]sc2ccccc12.OCCOc1ccccc1. The van der Waals surface area contributed by atoms with Crippen LogP contribution in [0.1, 0.15) is 5.56 Å². The number of benzene rings is 3. The first-order chi connectivity index (χ1) is 13.6. The molecule has 0 bridgehead atoms. The number of aromatic amines is 1. The van der Waals surface area contributed by atoms with Crippen molar-refractivity contribution in [3.63, 3.8) is 0 Å². The monoisotopic (exact) mass is 397 g/mol. The molecule has 0 atom stereocenters. The van der Waals surface area contributed by atoms with Crippen molar-refractivity contribution < 1.29 is 14.9 Å². The van der Waals surface area contributed by atoms with Gasteiger partial charge in [-0.3, -0.25) is 9.17 Å². The van der Waals surface area contributed by atoms with Crippen LogP contribution in [0.3, 0.4) is 0 Å². The minimum Gasteiger partial charge on any atom is -0.508 e. The second-order valence-corrected chi connectivity index (χ2v) is 6.60. The van der Waals surface area contributed by atoms with Gasteiger partial charge in [-0.25, -0.2) is 0 Å². The highest BCUT2D eigenvalue weighted by Gasteiger charge is 1.96. The molecule has 146 valence electrons. The normalized spacial score (nSPS) is 9.64. The second-order valence-electron chi connectivity index (χ2n) is 5.75. The maximum atomic E-state index is 10.9. The third kappa shape index (κ3) is 7.26. The van der Waals surface area contributed by atoms with E-state index in [1.54, 1.807) is 12.1 Å². The van der Waals surface area contributed by atoms with Crippen LogP contribution in [-0.2, 0) is 0 Å². The van der Waals surface area contributed by atoms with Crippen LogP contribution < -0.4 is 10.3 Å². The summed E-state index contributed by atoms with van der Waals surface area (Å²) in [6.07, 6.45) is 0. The van der Waals surface area contributed by atoms with Gasteiger partial charge in [0.05, 0.1) is 16.7 Å². The van der Waals surface area contributed by atoms with Gasteiger partial charge < -0.3 is 14.9 Å². The van der Waals surface area contributed by atoms with Crippen LogP contribution >= 0.6 is 11.5 Å². The molecule has 0 unspecified atom stereocenters. The quantitative estimate of drug-likeness (QED) is 0.480. The lowest BCUT2D eigenvalue weighted by Crippen LogP contribution is -2.00. The zero-order valence-electron chi connectivity index (χ0n) is 15.5. The maximum Gasteiger partial charge on any atom is 0.265 e. The van der Waals surface area contributed by atoms with Gasteiger partial charge in [0.2, 0.25) is 0 Å². The van der Waals surface area contributed by atoms with Gasteiger partial charge in [-0.2, -0.15) is 0 Å². The largest absolute Gasteiger partial charge is 0.508 e. The summed E-state index contributed by atoms with van der Waals surface area (Å²) in [6, 6.07) is 24.1. The maximum absolute atomic E-state index is 10.9. The summed E-state index contributed by atoms with van der Waals surface area (Å²) in [5, 5.41) is 17.9. The zero-order valence-corrected chi connectivity index (χ0v) is 16.4. The number of H-pyrrole nitrogens is 1. The van der Waals surface area contributed by atoms with Crippen LogP contribution in [0.25, 0.3) is 10.1 Å². The van der Waals surface area contributed by atoms with Gasteiger partial charge in [0, 0.05) is 0 Å². The number of aromatic nitrogens is 1. The van der Waals surface area contributed by atoms with Crippen molar-refractivity contribution in [1.82, 2.24) is 4.37 Å². The van der Waals surface area contributed by atoms with E-state index in [9.17, 15) is 4.79 Å². The third-order valence-electron chi connectivity index (χ3n) is 3.52. The van der Waals surface area contributed by atoms with Crippen LogP contribution in [0.15, 0.2) is 83.7 Å². The van der Waals surface area contributed by atoms with Crippen molar-refractivity contribution in [1.29, 1.82) is 0 Å². The van der Waals surface area contributed by atoms with E-state index in [2.05, 4.69) is 4.37 Å². The highest BCUT2D eigenvalue weighted by Crippen LogP contribution is 2.11. The Morgan fingerprint density at radius 3 is 2.18 bits per heavy atom. The van der Waals surface area contributed by atoms with E-state index in [0.29, 0.717) is 12.4 Å². The van der Waals surface area contributed by atoms with Crippen LogP contribution in [0.5, 0.6) is 11.5 Å². The molecule has 4 rings (SSSR count). The molecule has 0 saturated carbocycles. The van der Waals surface area contributed by atoms with E-state index in [4.69, 9.17) is 14.9 Å². The average molecular weight is 397 g/mol. The Labute approximate surface area is 167 Å². The minimum absolute atomic E-state index is 0.0144. The van der Waals surface area contributed by atoms with Gasteiger partial charge in [-0.15, -0.1) is 0 Å². The number of ether oxygens (including phenoxy) is 1. The molecule has 6 heteroatoms. The Balaban J connectivity index is 0.000000151. The van der Waals surface area contributed by atoms with E-state index in [-0.39, 0.29) is 12.2 Å². The van der Waals surface area contributed by atoms with Gasteiger partial charge in [0.1, 0.15) is 18.1 Å². The molecule has 4 aromatic rings. The smallest absolute Gasteiger partial charge is 0.265 e. The molecule has 3 aromatic carbocycles. The fraction of sp³-hybridized carbons (Fsp3) is 0.136. The van der Waals surface area contributed by atoms with Gasteiger partial charge in [-0.05, 0) is 43.3 Å². The van der Waals surface area contributed by atoms with Crippen molar-refractivity contribution in [2.24, 2.45) is 0 Å². The van der Waals surface area contributed by atoms with Gasteiger partial charge in [0.25, 0.3) is 5.56 Å². The molecule has 28 heavy (non-hydrogen) atoms. The van der Waals surface area contributed by atoms with Gasteiger partial charge >= 0.3 is 0 Å². The molecule has 0 saturated heterocycles. The van der Waals surface area contributed by atoms with E-state index in [0.717, 1.165) is 15.8 Å². The van der Waals surface area contributed by atoms with E-state index in [1.165, 1.54) is 17.1 Å². The van der Waals surface area contributed by atoms with Crippen LogP contribution in [0.2, 0.25) is 0 Å².